The van der Waals surface area contributed by atoms with Gasteiger partial charge < -0.3 is 14.8 Å². The van der Waals surface area contributed by atoms with Crippen molar-refractivity contribution in [3.8, 4) is 5.88 Å². The molecule has 0 saturated heterocycles. The second kappa shape index (κ2) is 8.28. The van der Waals surface area contributed by atoms with Crippen LogP contribution in [-0.2, 0) is 11.3 Å². The van der Waals surface area contributed by atoms with Gasteiger partial charge in [-0.1, -0.05) is 18.5 Å². The standard InChI is InChI=1S/C12H19ClN2O2/c1-3-14-8-10-7-12(15-9-11(10)13)17-6-5-16-4-2/h7,9,14H,3-6,8H2,1-2H3. The Morgan fingerprint density at radius 3 is 2.88 bits per heavy atom. The highest BCUT2D eigenvalue weighted by Gasteiger charge is 2.03. The van der Waals surface area contributed by atoms with Crippen molar-refractivity contribution < 1.29 is 9.47 Å². The van der Waals surface area contributed by atoms with Gasteiger partial charge in [-0.05, 0) is 19.0 Å². The van der Waals surface area contributed by atoms with E-state index < -0.39 is 0 Å². The maximum Gasteiger partial charge on any atom is 0.213 e. The highest BCUT2D eigenvalue weighted by atomic mass is 35.5. The number of rotatable bonds is 8. The molecule has 0 amide bonds. The fourth-order valence-corrected chi connectivity index (χ4v) is 1.45. The highest BCUT2D eigenvalue weighted by Crippen LogP contribution is 2.19. The molecule has 96 valence electrons. The molecule has 0 aromatic carbocycles. The van der Waals surface area contributed by atoms with Gasteiger partial charge >= 0.3 is 0 Å². The molecule has 1 aromatic heterocycles. The van der Waals surface area contributed by atoms with Crippen molar-refractivity contribution in [2.24, 2.45) is 0 Å². The molecule has 4 nitrogen and oxygen atoms in total. The summed E-state index contributed by atoms with van der Waals surface area (Å²) in [6, 6.07) is 1.86. The summed E-state index contributed by atoms with van der Waals surface area (Å²) in [6.45, 7) is 7.40. The summed E-state index contributed by atoms with van der Waals surface area (Å²) in [5, 5.41) is 3.87. The van der Waals surface area contributed by atoms with Gasteiger partial charge in [-0.15, -0.1) is 0 Å². The van der Waals surface area contributed by atoms with Gasteiger partial charge in [0.15, 0.2) is 0 Å². The summed E-state index contributed by atoms with van der Waals surface area (Å²) in [5.41, 5.74) is 0.995. The molecule has 0 atom stereocenters. The Bertz CT molecular complexity index is 334. The van der Waals surface area contributed by atoms with Crippen molar-refractivity contribution in [3.05, 3.63) is 22.8 Å². The van der Waals surface area contributed by atoms with Crippen molar-refractivity contribution in [1.82, 2.24) is 10.3 Å². The number of aromatic nitrogens is 1. The minimum absolute atomic E-state index is 0.503. The van der Waals surface area contributed by atoms with E-state index in [9.17, 15) is 0 Å². The Labute approximate surface area is 107 Å². The summed E-state index contributed by atoms with van der Waals surface area (Å²) in [4.78, 5) is 4.11. The Morgan fingerprint density at radius 1 is 1.35 bits per heavy atom. The van der Waals surface area contributed by atoms with E-state index >= 15 is 0 Å². The van der Waals surface area contributed by atoms with Gasteiger partial charge in [0.2, 0.25) is 5.88 Å². The van der Waals surface area contributed by atoms with Gasteiger partial charge in [-0.25, -0.2) is 4.98 Å². The number of hydrogen-bond acceptors (Lipinski definition) is 4. The lowest BCUT2D eigenvalue weighted by Crippen LogP contribution is -2.13. The third kappa shape index (κ3) is 5.35. The lowest BCUT2D eigenvalue weighted by molar-refractivity contribution is 0.108. The second-order valence-corrected chi connectivity index (χ2v) is 3.85. The van der Waals surface area contributed by atoms with E-state index in [1.807, 2.05) is 13.0 Å². The average Bonchev–Trinajstić information content (AvgIpc) is 2.35. The Morgan fingerprint density at radius 2 is 2.18 bits per heavy atom. The first kappa shape index (κ1) is 14.2. The Kier molecular flexibility index (Phi) is 6.93. The van der Waals surface area contributed by atoms with Crippen molar-refractivity contribution >= 4 is 11.6 Å². The van der Waals surface area contributed by atoms with Gasteiger partial charge in [-0.2, -0.15) is 0 Å². The molecule has 0 aliphatic rings. The lowest BCUT2D eigenvalue weighted by atomic mass is 10.2. The van der Waals surface area contributed by atoms with Crippen LogP contribution in [0.5, 0.6) is 5.88 Å². The van der Waals surface area contributed by atoms with Gasteiger partial charge in [0.05, 0.1) is 11.6 Å². The molecule has 0 aliphatic carbocycles. The molecule has 0 saturated carbocycles. The zero-order chi connectivity index (χ0) is 12.5. The van der Waals surface area contributed by atoms with Crippen LogP contribution in [0.4, 0.5) is 0 Å². The fourth-order valence-electron chi connectivity index (χ4n) is 1.28. The maximum absolute atomic E-state index is 6.03. The first-order valence-corrected chi connectivity index (χ1v) is 6.21. The largest absolute Gasteiger partial charge is 0.475 e. The molecule has 0 bridgehead atoms. The zero-order valence-corrected chi connectivity index (χ0v) is 11.1. The number of hydrogen-bond donors (Lipinski definition) is 1. The predicted octanol–water partition coefficient (Wildman–Crippen LogP) is 2.26. The summed E-state index contributed by atoms with van der Waals surface area (Å²) in [7, 11) is 0. The molecule has 17 heavy (non-hydrogen) atoms. The Balaban J connectivity index is 2.49. The zero-order valence-electron chi connectivity index (χ0n) is 10.3. The van der Waals surface area contributed by atoms with Crippen LogP contribution in [0, 0.1) is 0 Å². The van der Waals surface area contributed by atoms with Gasteiger partial charge in [0, 0.05) is 25.4 Å². The van der Waals surface area contributed by atoms with Crippen LogP contribution in [0.25, 0.3) is 0 Å². The summed E-state index contributed by atoms with van der Waals surface area (Å²) >= 11 is 6.03. The van der Waals surface area contributed by atoms with Crippen molar-refractivity contribution in [2.75, 3.05) is 26.4 Å². The third-order valence-corrected chi connectivity index (χ3v) is 2.50. The second-order valence-electron chi connectivity index (χ2n) is 3.44. The number of ether oxygens (including phenoxy) is 2. The first-order valence-electron chi connectivity index (χ1n) is 5.83. The van der Waals surface area contributed by atoms with E-state index in [0.29, 0.717) is 30.7 Å². The van der Waals surface area contributed by atoms with Crippen LogP contribution >= 0.6 is 11.6 Å². The molecule has 1 heterocycles. The van der Waals surface area contributed by atoms with E-state index in [2.05, 4.69) is 17.2 Å². The molecular formula is C12H19ClN2O2. The molecule has 0 radical (unpaired) electrons. The topological polar surface area (TPSA) is 43.4 Å². The molecule has 1 aromatic rings. The van der Waals surface area contributed by atoms with Crippen LogP contribution in [0.3, 0.4) is 0 Å². The Hall–Kier alpha value is -0.840. The van der Waals surface area contributed by atoms with Crippen LogP contribution in [0.15, 0.2) is 12.3 Å². The predicted molar refractivity (Wildman–Crippen MR) is 68.6 cm³/mol. The normalized spacial score (nSPS) is 10.5. The SMILES string of the molecule is CCNCc1cc(OCCOCC)ncc1Cl. The van der Waals surface area contributed by atoms with Gasteiger partial charge in [0.25, 0.3) is 0 Å². The highest BCUT2D eigenvalue weighted by molar-refractivity contribution is 6.31. The van der Waals surface area contributed by atoms with Crippen LogP contribution < -0.4 is 10.1 Å². The van der Waals surface area contributed by atoms with E-state index in [1.54, 1.807) is 6.20 Å². The summed E-state index contributed by atoms with van der Waals surface area (Å²) in [6.07, 6.45) is 1.62. The molecule has 1 N–H and O–H groups in total. The van der Waals surface area contributed by atoms with Crippen molar-refractivity contribution in [2.45, 2.75) is 20.4 Å². The van der Waals surface area contributed by atoms with Crippen molar-refractivity contribution in [3.63, 3.8) is 0 Å². The van der Waals surface area contributed by atoms with E-state index in [-0.39, 0.29) is 0 Å². The minimum Gasteiger partial charge on any atom is -0.475 e. The molecule has 0 aliphatic heterocycles. The minimum atomic E-state index is 0.503. The number of halogens is 1. The lowest BCUT2D eigenvalue weighted by Gasteiger charge is -2.09. The number of nitrogens with one attached hydrogen (secondary N) is 1. The molecule has 0 unspecified atom stereocenters. The maximum atomic E-state index is 6.03. The quantitative estimate of drug-likeness (QED) is 0.727. The fraction of sp³-hybridized carbons (Fsp3) is 0.583. The molecule has 0 fully saturated rings. The van der Waals surface area contributed by atoms with E-state index in [4.69, 9.17) is 21.1 Å². The van der Waals surface area contributed by atoms with E-state index in [1.165, 1.54) is 0 Å². The first-order chi connectivity index (χ1) is 8.27. The molecule has 0 spiro atoms. The molecular weight excluding hydrogens is 240 g/mol. The average molecular weight is 259 g/mol. The van der Waals surface area contributed by atoms with Crippen molar-refractivity contribution in [1.29, 1.82) is 0 Å². The van der Waals surface area contributed by atoms with Crippen LogP contribution in [0.1, 0.15) is 19.4 Å². The van der Waals surface area contributed by atoms with Gasteiger partial charge in [-0.3, -0.25) is 0 Å². The molecule has 1 rings (SSSR count). The van der Waals surface area contributed by atoms with Crippen LogP contribution in [-0.4, -0.2) is 31.3 Å². The molecule has 5 heteroatoms. The van der Waals surface area contributed by atoms with E-state index in [0.717, 1.165) is 18.7 Å². The summed E-state index contributed by atoms with van der Waals surface area (Å²) in [5.74, 6) is 0.585. The number of pyridine rings is 1. The van der Waals surface area contributed by atoms with Gasteiger partial charge in [0.1, 0.15) is 6.61 Å². The summed E-state index contributed by atoms with van der Waals surface area (Å²) < 4.78 is 10.6. The monoisotopic (exact) mass is 258 g/mol. The third-order valence-electron chi connectivity index (χ3n) is 2.16. The number of nitrogens with zero attached hydrogens (tertiary/aromatic N) is 1. The van der Waals surface area contributed by atoms with Crippen LogP contribution in [0.2, 0.25) is 5.02 Å². The smallest absolute Gasteiger partial charge is 0.213 e.